The van der Waals surface area contributed by atoms with Crippen LogP contribution < -0.4 is 15.4 Å². The Kier molecular flexibility index (Phi) is 6.24. The molecule has 1 aromatic heterocycles. The highest BCUT2D eigenvalue weighted by Gasteiger charge is 2.12. The molecule has 3 aromatic rings. The number of nitrogens with one attached hydrogen (secondary N) is 2. The van der Waals surface area contributed by atoms with Crippen molar-refractivity contribution in [2.24, 2.45) is 0 Å². The predicted octanol–water partition coefficient (Wildman–Crippen LogP) is 3.89. The first-order chi connectivity index (χ1) is 14.0. The SMILES string of the molecule is COc1ccc(CNC(=O)c2ccnc(C(=O)Nc3ccc(C)c(C)c3)c2)cc1. The second-order valence-electron chi connectivity index (χ2n) is 6.71. The summed E-state index contributed by atoms with van der Waals surface area (Å²) >= 11 is 0. The highest BCUT2D eigenvalue weighted by atomic mass is 16.5. The van der Waals surface area contributed by atoms with Gasteiger partial charge in [-0.05, 0) is 66.9 Å². The van der Waals surface area contributed by atoms with Gasteiger partial charge in [0.1, 0.15) is 11.4 Å². The summed E-state index contributed by atoms with van der Waals surface area (Å²) in [7, 11) is 1.61. The van der Waals surface area contributed by atoms with E-state index in [1.165, 1.54) is 12.3 Å². The zero-order valence-corrected chi connectivity index (χ0v) is 16.7. The number of methoxy groups -OCH3 is 1. The first-order valence-electron chi connectivity index (χ1n) is 9.22. The van der Waals surface area contributed by atoms with Crippen molar-refractivity contribution in [1.29, 1.82) is 0 Å². The maximum absolute atomic E-state index is 12.5. The Morgan fingerprint density at radius 2 is 1.69 bits per heavy atom. The number of nitrogens with zero attached hydrogens (tertiary/aromatic N) is 1. The Labute approximate surface area is 169 Å². The lowest BCUT2D eigenvalue weighted by Crippen LogP contribution is -2.23. The molecule has 0 aliphatic heterocycles. The Balaban J connectivity index is 1.64. The van der Waals surface area contributed by atoms with Crippen LogP contribution in [0.3, 0.4) is 0 Å². The highest BCUT2D eigenvalue weighted by molar-refractivity contribution is 6.04. The molecule has 0 bridgehead atoms. The van der Waals surface area contributed by atoms with E-state index < -0.39 is 0 Å². The number of hydrogen-bond acceptors (Lipinski definition) is 4. The summed E-state index contributed by atoms with van der Waals surface area (Å²) < 4.78 is 5.12. The molecule has 1 heterocycles. The van der Waals surface area contributed by atoms with Crippen LogP contribution in [0.2, 0.25) is 0 Å². The van der Waals surface area contributed by atoms with Crippen molar-refractivity contribution in [3.05, 3.63) is 88.7 Å². The number of carbonyl (C=O) groups excluding carboxylic acids is 2. The van der Waals surface area contributed by atoms with E-state index >= 15 is 0 Å². The zero-order chi connectivity index (χ0) is 20.8. The van der Waals surface area contributed by atoms with E-state index in [4.69, 9.17) is 4.74 Å². The number of ether oxygens (including phenoxy) is 1. The minimum Gasteiger partial charge on any atom is -0.497 e. The van der Waals surface area contributed by atoms with E-state index in [2.05, 4.69) is 15.6 Å². The number of carbonyl (C=O) groups is 2. The molecule has 2 amide bonds. The molecule has 3 rings (SSSR count). The second-order valence-corrected chi connectivity index (χ2v) is 6.71. The first kappa shape index (κ1) is 20.1. The van der Waals surface area contributed by atoms with Gasteiger partial charge in [0.05, 0.1) is 7.11 Å². The van der Waals surface area contributed by atoms with Crippen LogP contribution >= 0.6 is 0 Å². The molecular weight excluding hydrogens is 366 g/mol. The van der Waals surface area contributed by atoms with Gasteiger partial charge in [-0.1, -0.05) is 18.2 Å². The lowest BCUT2D eigenvalue weighted by atomic mass is 10.1. The zero-order valence-electron chi connectivity index (χ0n) is 16.7. The summed E-state index contributed by atoms with van der Waals surface area (Å²) in [4.78, 5) is 29.1. The lowest BCUT2D eigenvalue weighted by molar-refractivity contribution is 0.0951. The third kappa shape index (κ3) is 5.19. The summed E-state index contributed by atoms with van der Waals surface area (Å²) in [6.07, 6.45) is 1.46. The summed E-state index contributed by atoms with van der Waals surface area (Å²) in [5.74, 6) is 0.121. The molecule has 0 radical (unpaired) electrons. The smallest absolute Gasteiger partial charge is 0.274 e. The monoisotopic (exact) mass is 389 g/mol. The van der Waals surface area contributed by atoms with Crippen LogP contribution in [0.25, 0.3) is 0 Å². The number of aryl methyl sites for hydroxylation is 2. The molecule has 0 spiro atoms. The fourth-order valence-electron chi connectivity index (χ4n) is 2.74. The number of hydrogen-bond donors (Lipinski definition) is 2. The van der Waals surface area contributed by atoms with Crippen LogP contribution in [-0.2, 0) is 6.54 Å². The number of benzene rings is 2. The van der Waals surface area contributed by atoms with Gasteiger partial charge in [-0.3, -0.25) is 14.6 Å². The second kappa shape index (κ2) is 9.01. The number of amides is 2. The van der Waals surface area contributed by atoms with E-state index in [-0.39, 0.29) is 17.5 Å². The number of rotatable bonds is 6. The molecule has 0 aliphatic rings. The van der Waals surface area contributed by atoms with Gasteiger partial charge in [0.15, 0.2) is 0 Å². The van der Waals surface area contributed by atoms with Crippen LogP contribution in [0.4, 0.5) is 5.69 Å². The number of aromatic nitrogens is 1. The molecule has 0 fully saturated rings. The summed E-state index contributed by atoms with van der Waals surface area (Å²) in [5.41, 5.74) is 4.42. The third-order valence-electron chi connectivity index (χ3n) is 4.63. The molecule has 0 atom stereocenters. The van der Waals surface area contributed by atoms with Crippen molar-refractivity contribution < 1.29 is 14.3 Å². The molecule has 0 saturated carbocycles. The molecule has 6 heteroatoms. The molecule has 0 saturated heterocycles. The Morgan fingerprint density at radius 1 is 0.931 bits per heavy atom. The highest BCUT2D eigenvalue weighted by Crippen LogP contribution is 2.15. The molecule has 2 N–H and O–H groups in total. The van der Waals surface area contributed by atoms with Gasteiger partial charge in [-0.25, -0.2) is 0 Å². The van der Waals surface area contributed by atoms with E-state index in [1.54, 1.807) is 13.2 Å². The standard InChI is InChI=1S/C23H23N3O3/c1-15-4-7-19(12-16(15)2)26-23(28)21-13-18(10-11-24-21)22(27)25-14-17-5-8-20(29-3)9-6-17/h4-13H,14H2,1-3H3,(H,25,27)(H,26,28). The first-order valence-corrected chi connectivity index (χ1v) is 9.22. The molecule has 29 heavy (non-hydrogen) atoms. The molecule has 6 nitrogen and oxygen atoms in total. The quantitative estimate of drug-likeness (QED) is 0.670. The lowest BCUT2D eigenvalue weighted by Gasteiger charge is -2.09. The van der Waals surface area contributed by atoms with E-state index in [0.29, 0.717) is 17.8 Å². The van der Waals surface area contributed by atoms with Gasteiger partial charge in [-0.2, -0.15) is 0 Å². The van der Waals surface area contributed by atoms with E-state index in [1.807, 2.05) is 56.3 Å². The van der Waals surface area contributed by atoms with Crippen LogP contribution in [0, 0.1) is 13.8 Å². The fraction of sp³-hybridized carbons (Fsp3) is 0.174. The van der Waals surface area contributed by atoms with Crippen molar-refractivity contribution in [2.45, 2.75) is 20.4 Å². The third-order valence-corrected chi connectivity index (χ3v) is 4.63. The van der Waals surface area contributed by atoms with Crippen LogP contribution in [0.1, 0.15) is 37.5 Å². The van der Waals surface area contributed by atoms with Crippen LogP contribution in [-0.4, -0.2) is 23.9 Å². The average Bonchev–Trinajstić information content (AvgIpc) is 2.75. The molecular formula is C23H23N3O3. The van der Waals surface area contributed by atoms with E-state index in [9.17, 15) is 9.59 Å². The van der Waals surface area contributed by atoms with Crippen molar-refractivity contribution in [1.82, 2.24) is 10.3 Å². The van der Waals surface area contributed by atoms with Gasteiger partial charge in [0, 0.05) is 24.0 Å². The van der Waals surface area contributed by atoms with Gasteiger partial charge >= 0.3 is 0 Å². The van der Waals surface area contributed by atoms with Gasteiger partial charge in [0.25, 0.3) is 11.8 Å². The number of pyridine rings is 1. The molecule has 0 unspecified atom stereocenters. The Hall–Kier alpha value is -3.67. The minimum atomic E-state index is -0.363. The molecule has 2 aromatic carbocycles. The topological polar surface area (TPSA) is 80.3 Å². The van der Waals surface area contributed by atoms with Crippen LogP contribution in [0.15, 0.2) is 60.8 Å². The normalized spacial score (nSPS) is 10.3. The van der Waals surface area contributed by atoms with Crippen molar-refractivity contribution in [2.75, 3.05) is 12.4 Å². The Bertz CT molecular complexity index is 1030. The summed E-state index contributed by atoms with van der Waals surface area (Å²) in [5, 5.41) is 5.66. The number of anilines is 1. The largest absolute Gasteiger partial charge is 0.497 e. The summed E-state index contributed by atoms with van der Waals surface area (Å²) in [6.45, 7) is 4.36. The van der Waals surface area contributed by atoms with Crippen molar-refractivity contribution in [3.8, 4) is 5.75 Å². The fourth-order valence-corrected chi connectivity index (χ4v) is 2.74. The maximum atomic E-state index is 12.5. The van der Waals surface area contributed by atoms with Crippen LogP contribution in [0.5, 0.6) is 5.75 Å². The average molecular weight is 389 g/mol. The maximum Gasteiger partial charge on any atom is 0.274 e. The predicted molar refractivity (Wildman–Crippen MR) is 112 cm³/mol. The van der Waals surface area contributed by atoms with Gasteiger partial charge in [0.2, 0.25) is 0 Å². The van der Waals surface area contributed by atoms with E-state index in [0.717, 1.165) is 22.4 Å². The minimum absolute atomic E-state index is 0.181. The summed E-state index contributed by atoms with van der Waals surface area (Å²) in [6, 6.07) is 16.2. The van der Waals surface area contributed by atoms with Gasteiger partial charge in [-0.15, -0.1) is 0 Å². The Morgan fingerprint density at radius 3 is 2.38 bits per heavy atom. The molecule has 148 valence electrons. The van der Waals surface area contributed by atoms with Crippen molar-refractivity contribution >= 4 is 17.5 Å². The van der Waals surface area contributed by atoms with Crippen molar-refractivity contribution in [3.63, 3.8) is 0 Å². The molecule has 0 aliphatic carbocycles. The van der Waals surface area contributed by atoms with Gasteiger partial charge < -0.3 is 15.4 Å².